The minimum absolute atomic E-state index is 0.0715. The van der Waals surface area contributed by atoms with Crippen LogP contribution in [-0.4, -0.2) is 17.9 Å². The SMILES string of the molecule is COc1cc(C#CCC(N)=O)c(N)c([N+](=O)[O-])c1. The summed E-state index contributed by atoms with van der Waals surface area (Å²) in [6.07, 6.45) is -0.148. The molecule has 0 radical (unpaired) electrons. The van der Waals surface area contributed by atoms with Crippen molar-refractivity contribution < 1.29 is 14.5 Å². The summed E-state index contributed by atoms with van der Waals surface area (Å²) in [6, 6.07) is 2.66. The minimum Gasteiger partial charge on any atom is -0.496 e. The van der Waals surface area contributed by atoms with Crippen LogP contribution in [0.3, 0.4) is 0 Å². The van der Waals surface area contributed by atoms with Crippen LogP contribution in [0.5, 0.6) is 5.75 Å². The van der Waals surface area contributed by atoms with Gasteiger partial charge in [0.2, 0.25) is 5.91 Å². The van der Waals surface area contributed by atoms with Crippen LogP contribution in [0.15, 0.2) is 12.1 Å². The summed E-state index contributed by atoms with van der Waals surface area (Å²) in [5.74, 6) is 4.71. The van der Waals surface area contributed by atoms with E-state index in [9.17, 15) is 14.9 Å². The third-order valence-corrected chi connectivity index (χ3v) is 2.05. The number of rotatable bonds is 3. The summed E-state index contributed by atoms with van der Waals surface area (Å²) in [5, 5.41) is 10.8. The smallest absolute Gasteiger partial charge is 0.297 e. The van der Waals surface area contributed by atoms with Crippen LogP contribution in [0.1, 0.15) is 12.0 Å². The minimum atomic E-state index is -0.628. The number of nitrogens with two attached hydrogens (primary N) is 2. The third-order valence-electron chi connectivity index (χ3n) is 2.05. The average Bonchev–Trinajstić information content (AvgIpc) is 2.30. The fourth-order valence-corrected chi connectivity index (χ4v) is 1.21. The molecular formula is C11H11N3O4. The Morgan fingerprint density at radius 2 is 2.22 bits per heavy atom. The number of nitrogen functional groups attached to an aromatic ring is 1. The number of carbonyl (C=O) groups is 1. The second kappa shape index (κ2) is 5.54. The summed E-state index contributed by atoms with van der Waals surface area (Å²) < 4.78 is 4.91. The molecule has 0 fully saturated rings. The highest BCUT2D eigenvalue weighted by atomic mass is 16.6. The topological polar surface area (TPSA) is 121 Å². The number of nitro groups is 1. The highest BCUT2D eigenvalue weighted by Crippen LogP contribution is 2.30. The van der Waals surface area contributed by atoms with Gasteiger partial charge in [-0.3, -0.25) is 14.9 Å². The Hall–Kier alpha value is -2.75. The van der Waals surface area contributed by atoms with Crippen molar-refractivity contribution in [2.45, 2.75) is 6.42 Å². The molecule has 1 amide bonds. The van der Waals surface area contributed by atoms with Gasteiger partial charge >= 0.3 is 0 Å². The summed E-state index contributed by atoms with van der Waals surface area (Å²) in [7, 11) is 1.37. The lowest BCUT2D eigenvalue weighted by molar-refractivity contribution is -0.384. The molecule has 94 valence electrons. The van der Waals surface area contributed by atoms with Gasteiger partial charge in [0, 0.05) is 0 Å². The third kappa shape index (κ3) is 3.12. The molecule has 0 heterocycles. The molecule has 1 aromatic carbocycles. The lowest BCUT2D eigenvalue weighted by Gasteiger charge is -2.04. The number of hydrogen-bond acceptors (Lipinski definition) is 5. The second-order valence-corrected chi connectivity index (χ2v) is 3.31. The maximum atomic E-state index is 10.8. The zero-order chi connectivity index (χ0) is 13.7. The van der Waals surface area contributed by atoms with Gasteiger partial charge in [-0.1, -0.05) is 11.8 Å². The maximum Gasteiger partial charge on any atom is 0.297 e. The molecular weight excluding hydrogens is 238 g/mol. The Morgan fingerprint density at radius 1 is 1.56 bits per heavy atom. The fraction of sp³-hybridized carbons (Fsp3) is 0.182. The molecule has 0 saturated heterocycles. The molecule has 1 rings (SSSR count). The van der Waals surface area contributed by atoms with Crippen LogP contribution in [0.4, 0.5) is 11.4 Å². The number of hydrogen-bond donors (Lipinski definition) is 2. The van der Waals surface area contributed by atoms with E-state index >= 15 is 0 Å². The molecule has 7 heteroatoms. The zero-order valence-electron chi connectivity index (χ0n) is 9.60. The first-order valence-electron chi connectivity index (χ1n) is 4.84. The lowest BCUT2D eigenvalue weighted by Crippen LogP contribution is -2.08. The molecule has 7 nitrogen and oxygen atoms in total. The Labute approximate surface area is 103 Å². The van der Waals surface area contributed by atoms with Crippen LogP contribution in [0.25, 0.3) is 0 Å². The van der Waals surface area contributed by atoms with Gasteiger partial charge in [0.25, 0.3) is 5.69 Å². The number of benzene rings is 1. The number of primary amides is 1. The lowest BCUT2D eigenvalue weighted by atomic mass is 10.1. The molecule has 0 spiro atoms. The monoisotopic (exact) mass is 249 g/mol. The average molecular weight is 249 g/mol. The largest absolute Gasteiger partial charge is 0.496 e. The zero-order valence-corrected chi connectivity index (χ0v) is 9.60. The van der Waals surface area contributed by atoms with Crippen LogP contribution in [0, 0.1) is 22.0 Å². The van der Waals surface area contributed by atoms with Crippen molar-refractivity contribution in [2.24, 2.45) is 5.73 Å². The number of ether oxygens (including phenoxy) is 1. The van der Waals surface area contributed by atoms with E-state index in [0.29, 0.717) is 0 Å². The molecule has 0 unspecified atom stereocenters. The number of amides is 1. The number of carbonyl (C=O) groups excluding carboxylic acids is 1. The fourth-order valence-electron chi connectivity index (χ4n) is 1.21. The molecule has 0 aromatic heterocycles. The van der Waals surface area contributed by atoms with Gasteiger partial charge in [-0.05, 0) is 6.07 Å². The van der Waals surface area contributed by atoms with Gasteiger partial charge < -0.3 is 16.2 Å². The standard InChI is InChI=1S/C11H11N3O4/c1-18-8-5-7(3-2-4-10(12)15)11(13)9(6-8)14(16)17/h5-6H,4,13H2,1H3,(H2,12,15). The predicted molar refractivity (Wildman–Crippen MR) is 64.8 cm³/mol. The van der Waals surface area contributed by atoms with Crippen molar-refractivity contribution in [1.29, 1.82) is 0 Å². The molecule has 4 N–H and O–H groups in total. The first-order valence-corrected chi connectivity index (χ1v) is 4.84. The van der Waals surface area contributed by atoms with Crippen molar-refractivity contribution >= 4 is 17.3 Å². The summed E-state index contributed by atoms with van der Waals surface area (Å²) in [6.45, 7) is 0. The summed E-state index contributed by atoms with van der Waals surface area (Å²) >= 11 is 0. The van der Waals surface area contributed by atoms with Crippen molar-refractivity contribution in [3.8, 4) is 17.6 Å². The number of nitrogens with zero attached hydrogens (tertiary/aromatic N) is 1. The van der Waals surface area contributed by atoms with Crippen LogP contribution in [-0.2, 0) is 4.79 Å². The van der Waals surface area contributed by atoms with Crippen molar-refractivity contribution in [1.82, 2.24) is 0 Å². The molecule has 0 aliphatic carbocycles. The first kappa shape index (κ1) is 13.3. The van der Waals surface area contributed by atoms with E-state index in [0.717, 1.165) is 0 Å². The van der Waals surface area contributed by atoms with E-state index in [-0.39, 0.29) is 29.1 Å². The number of nitro benzene ring substituents is 1. The van der Waals surface area contributed by atoms with Crippen molar-refractivity contribution in [3.05, 3.63) is 27.8 Å². The van der Waals surface area contributed by atoms with E-state index in [1.165, 1.54) is 19.2 Å². The Bertz CT molecular complexity index is 557. The molecule has 1 aromatic rings. The predicted octanol–water partition coefficient (Wildman–Crippen LogP) is 0.413. The van der Waals surface area contributed by atoms with Crippen molar-refractivity contribution in [3.63, 3.8) is 0 Å². The molecule has 18 heavy (non-hydrogen) atoms. The van der Waals surface area contributed by atoms with Crippen LogP contribution >= 0.6 is 0 Å². The van der Waals surface area contributed by atoms with Crippen LogP contribution < -0.4 is 16.2 Å². The Morgan fingerprint density at radius 3 is 2.72 bits per heavy atom. The second-order valence-electron chi connectivity index (χ2n) is 3.31. The summed E-state index contributed by atoms with van der Waals surface area (Å²) in [5.41, 5.74) is 10.4. The summed E-state index contributed by atoms with van der Waals surface area (Å²) in [4.78, 5) is 20.7. The van der Waals surface area contributed by atoms with E-state index in [1.54, 1.807) is 0 Å². The van der Waals surface area contributed by atoms with E-state index in [2.05, 4.69) is 11.8 Å². The molecule has 0 saturated carbocycles. The quantitative estimate of drug-likeness (QED) is 0.348. The van der Waals surface area contributed by atoms with E-state index in [1.807, 2.05) is 0 Å². The van der Waals surface area contributed by atoms with Gasteiger partial charge in [0.1, 0.15) is 11.4 Å². The van der Waals surface area contributed by atoms with Gasteiger partial charge in [-0.25, -0.2) is 0 Å². The Balaban J connectivity index is 3.24. The van der Waals surface area contributed by atoms with E-state index < -0.39 is 10.8 Å². The highest BCUT2D eigenvalue weighted by molar-refractivity contribution is 5.77. The van der Waals surface area contributed by atoms with Crippen LogP contribution in [0.2, 0.25) is 0 Å². The Kier molecular flexibility index (Phi) is 4.10. The molecule has 0 atom stereocenters. The molecule has 0 aliphatic heterocycles. The van der Waals surface area contributed by atoms with Gasteiger partial charge in [-0.15, -0.1) is 0 Å². The number of anilines is 1. The molecule has 0 bridgehead atoms. The van der Waals surface area contributed by atoms with Gasteiger partial charge in [-0.2, -0.15) is 0 Å². The van der Waals surface area contributed by atoms with Crippen molar-refractivity contribution in [2.75, 3.05) is 12.8 Å². The molecule has 0 aliphatic rings. The first-order chi connectivity index (χ1) is 8.45. The van der Waals surface area contributed by atoms with Gasteiger partial charge in [0.15, 0.2) is 0 Å². The van der Waals surface area contributed by atoms with Gasteiger partial charge in [0.05, 0.1) is 30.1 Å². The maximum absolute atomic E-state index is 10.8. The number of methoxy groups -OCH3 is 1. The normalized spacial score (nSPS) is 9.17. The van der Waals surface area contributed by atoms with E-state index in [4.69, 9.17) is 16.2 Å². The highest BCUT2D eigenvalue weighted by Gasteiger charge is 2.16.